The summed E-state index contributed by atoms with van der Waals surface area (Å²) in [6, 6.07) is 0. The molecule has 0 saturated carbocycles. The highest BCUT2D eigenvalue weighted by Gasteiger charge is 1.60. The third-order valence-electron chi connectivity index (χ3n) is 0.0412. The summed E-state index contributed by atoms with van der Waals surface area (Å²) in [6.45, 7) is 0. The lowest BCUT2D eigenvalue weighted by atomic mass is 11.9. The third kappa shape index (κ3) is 3.31. The molecule has 0 heterocycles. The van der Waals surface area contributed by atoms with E-state index >= 15 is 0 Å². The Balaban J connectivity index is 1.97. The highest BCUT2D eigenvalue weighted by atomic mass is 79.9. The van der Waals surface area contributed by atoms with E-state index in [9.17, 15) is 0 Å². The molecule has 26 valence electrons. The fourth-order valence-electron chi connectivity index (χ4n) is 0. The first-order valence-corrected chi connectivity index (χ1v) is 4.66. The molecule has 0 radical (unpaired) electrons. The van der Waals surface area contributed by atoms with Gasteiger partial charge in [0.25, 0.3) is 0 Å². The SMILES string of the molecule is BrCSBr. The third-order valence-corrected chi connectivity index (χ3v) is 3.34. The van der Waals surface area contributed by atoms with Crippen LogP contribution in [0.5, 0.6) is 0 Å². The zero-order chi connectivity index (χ0) is 3.41. The van der Waals surface area contributed by atoms with Gasteiger partial charge >= 0.3 is 0 Å². The van der Waals surface area contributed by atoms with Crippen molar-refractivity contribution in [1.29, 1.82) is 0 Å². The van der Waals surface area contributed by atoms with Crippen LogP contribution in [0.15, 0.2) is 0 Å². The first-order valence-electron chi connectivity index (χ1n) is 0.710. The molecular weight excluding hydrogens is 204 g/mol. The average Bonchev–Trinajstić information content (AvgIpc) is 1.37. The lowest BCUT2D eigenvalue weighted by molar-refractivity contribution is 2.40. The normalized spacial score (nSPS) is 7.50. The van der Waals surface area contributed by atoms with Crippen LogP contribution in [0.1, 0.15) is 0 Å². The molecule has 3 heteroatoms. The van der Waals surface area contributed by atoms with Crippen molar-refractivity contribution in [2.75, 3.05) is 4.66 Å². The second-order valence-electron chi connectivity index (χ2n) is 0.218. The Hall–Kier alpha value is 1.31. The van der Waals surface area contributed by atoms with Gasteiger partial charge in [0, 0.05) is 0 Å². The van der Waals surface area contributed by atoms with Crippen molar-refractivity contribution < 1.29 is 0 Å². The predicted octanol–water partition coefficient (Wildman–Crippen LogP) is 2.38. The fourth-order valence-corrected chi connectivity index (χ4v) is 0. The molecule has 0 aromatic heterocycles. The van der Waals surface area contributed by atoms with E-state index < -0.39 is 0 Å². The smallest absolute Gasteiger partial charge is 0.0599 e. The van der Waals surface area contributed by atoms with Crippen molar-refractivity contribution in [3.05, 3.63) is 0 Å². The summed E-state index contributed by atoms with van der Waals surface area (Å²) in [4.78, 5) is 0. The molecule has 0 aliphatic rings. The summed E-state index contributed by atoms with van der Waals surface area (Å²) < 4.78 is 0.965. The Morgan fingerprint density at radius 2 is 2.00 bits per heavy atom. The lowest BCUT2D eigenvalue weighted by Gasteiger charge is -1.64. The topological polar surface area (TPSA) is 0 Å². The minimum atomic E-state index is 0.965. The Kier molecular flexibility index (Phi) is 5.72. The van der Waals surface area contributed by atoms with Gasteiger partial charge in [-0.15, -0.1) is 0 Å². The summed E-state index contributed by atoms with van der Waals surface area (Å²) in [7, 11) is 1.59. The number of halogens is 2. The van der Waals surface area contributed by atoms with E-state index in [2.05, 4.69) is 30.7 Å². The molecule has 0 atom stereocenters. The van der Waals surface area contributed by atoms with Crippen LogP contribution in [-0.4, -0.2) is 4.66 Å². The molecule has 0 rings (SSSR count). The van der Waals surface area contributed by atoms with Gasteiger partial charge in [0.05, 0.1) is 4.66 Å². The molecule has 0 aliphatic carbocycles. The number of alkyl halides is 1. The van der Waals surface area contributed by atoms with E-state index in [1.165, 1.54) is 0 Å². The molecule has 0 aromatic rings. The van der Waals surface area contributed by atoms with Crippen molar-refractivity contribution >= 4 is 40.9 Å². The van der Waals surface area contributed by atoms with Crippen molar-refractivity contribution in [1.82, 2.24) is 0 Å². The molecule has 0 aliphatic heterocycles. The van der Waals surface area contributed by atoms with Gasteiger partial charge in [-0.2, -0.15) is 0 Å². The number of hydrogen-bond donors (Lipinski definition) is 0. The first-order chi connectivity index (χ1) is 1.91. The van der Waals surface area contributed by atoms with E-state index in [4.69, 9.17) is 0 Å². The van der Waals surface area contributed by atoms with E-state index in [1.54, 1.807) is 10.2 Å². The van der Waals surface area contributed by atoms with Gasteiger partial charge in [0.15, 0.2) is 0 Å². The van der Waals surface area contributed by atoms with Gasteiger partial charge in [-0.1, -0.05) is 26.1 Å². The van der Waals surface area contributed by atoms with Gasteiger partial charge in [-0.3, -0.25) is 0 Å². The predicted molar refractivity (Wildman–Crippen MR) is 30.3 cm³/mol. The maximum absolute atomic E-state index is 3.16. The van der Waals surface area contributed by atoms with Crippen LogP contribution in [0, 0.1) is 0 Å². The molecule has 0 nitrogen and oxygen atoms in total. The van der Waals surface area contributed by atoms with Crippen LogP contribution in [0.4, 0.5) is 0 Å². The largest absolute Gasteiger partial charge is 0.0800 e. The van der Waals surface area contributed by atoms with Crippen molar-refractivity contribution in [2.24, 2.45) is 0 Å². The summed E-state index contributed by atoms with van der Waals surface area (Å²) >= 11 is 6.28. The monoisotopic (exact) mass is 204 g/mol. The lowest BCUT2D eigenvalue weighted by Crippen LogP contribution is -1.32. The van der Waals surface area contributed by atoms with E-state index in [0.717, 1.165) is 4.66 Å². The maximum Gasteiger partial charge on any atom is 0.0599 e. The average molecular weight is 206 g/mol. The van der Waals surface area contributed by atoms with Crippen LogP contribution >= 0.6 is 40.9 Å². The van der Waals surface area contributed by atoms with Crippen LogP contribution in [0.3, 0.4) is 0 Å². The highest BCUT2D eigenvalue weighted by Crippen LogP contribution is 2.11. The van der Waals surface area contributed by atoms with Gasteiger partial charge in [-0.05, 0) is 14.8 Å². The molecule has 0 unspecified atom stereocenters. The van der Waals surface area contributed by atoms with Gasteiger partial charge in [-0.25, -0.2) is 0 Å². The number of rotatable bonds is 1. The van der Waals surface area contributed by atoms with Crippen LogP contribution in [0.2, 0.25) is 0 Å². The van der Waals surface area contributed by atoms with Gasteiger partial charge in [0.1, 0.15) is 0 Å². The Labute approximate surface area is 45.7 Å². The Morgan fingerprint density at radius 3 is 2.00 bits per heavy atom. The molecule has 0 N–H and O–H groups in total. The molecule has 4 heavy (non-hydrogen) atoms. The second-order valence-corrected chi connectivity index (χ2v) is 3.40. The van der Waals surface area contributed by atoms with Gasteiger partial charge in [0.2, 0.25) is 0 Å². The molecule has 0 amide bonds. The first kappa shape index (κ1) is 5.31. The Bertz CT molecular complexity index is 8.00. The van der Waals surface area contributed by atoms with Crippen molar-refractivity contribution in [3.63, 3.8) is 0 Å². The molecule has 0 saturated heterocycles. The Morgan fingerprint density at radius 1 is 1.75 bits per heavy atom. The van der Waals surface area contributed by atoms with E-state index in [1.807, 2.05) is 0 Å². The van der Waals surface area contributed by atoms with E-state index in [-0.39, 0.29) is 0 Å². The standard InChI is InChI=1S/CH2Br2S/c2-1-4-3/h1H2. The summed E-state index contributed by atoms with van der Waals surface area (Å²) in [5.74, 6) is 0. The van der Waals surface area contributed by atoms with Crippen LogP contribution in [-0.2, 0) is 0 Å². The van der Waals surface area contributed by atoms with E-state index in [0.29, 0.717) is 0 Å². The van der Waals surface area contributed by atoms with Crippen molar-refractivity contribution in [3.8, 4) is 0 Å². The highest BCUT2D eigenvalue weighted by molar-refractivity contribution is 9.51. The van der Waals surface area contributed by atoms with Crippen molar-refractivity contribution in [2.45, 2.75) is 0 Å². The molecule has 0 spiro atoms. The molecule has 0 bridgehead atoms. The van der Waals surface area contributed by atoms with Crippen LogP contribution < -0.4 is 0 Å². The minimum absolute atomic E-state index is 0.965. The summed E-state index contributed by atoms with van der Waals surface area (Å²) in [5, 5.41) is 0. The quantitative estimate of drug-likeness (QED) is 0.593. The molecular formula is CH2Br2S. The van der Waals surface area contributed by atoms with Crippen LogP contribution in [0.25, 0.3) is 0 Å². The summed E-state index contributed by atoms with van der Waals surface area (Å²) in [6.07, 6.45) is 0. The molecule has 0 aromatic carbocycles. The molecule has 0 fully saturated rings. The minimum Gasteiger partial charge on any atom is -0.0800 e. The zero-order valence-corrected chi connectivity index (χ0v) is 5.86. The zero-order valence-electron chi connectivity index (χ0n) is 1.87. The second kappa shape index (κ2) is 4.31. The van der Waals surface area contributed by atoms with Gasteiger partial charge < -0.3 is 0 Å². The maximum atomic E-state index is 3.16. The fraction of sp³-hybridized carbons (Fsp3) is 1.00. The summed E-state index contributed by atoms with van der Waals surface area (Å²) in [5.41, 5.74) is 0. The number of hydrogen-bond acceptors (Lipinski definition) is 1.